The van der Waals surface area contributed by atoms with Gasteiger partial charge in [-0.1, -0.05) is 31.9 Å². The van der Waals surface area contributed by atoms with Gasteiger partial charge in [-0.15, -0.1) is 12.4 Å². The number of pyridine rings is 1. The van der Waals surface area contributed by atoms with E-state index in [1.807, 2.05) is 6.20 Å². The first-order chi connectivity index (χ1) is 12.6. The van der Waals surface area contributed by atoms with E-state index in [0.29, 0.717) is 12.5 Å². The topological polar surface area (TPSA) is 27.1 Å². The summed E-state index contributed by atoms with van der Waals surface area (Å²) in [4.78, 5) is 4.49. The van der Waals surface area contributed by atoms with Gasteiger partial charge < -0.3 is 9.30 Å². The summed E-state index contributed by atoms with van der Waals surface area (Å²) < 4.78 is 21.4. The Morgan fingerprint density at radius 2 is 1.81 bits per heavy atom. The van der Waals surface area contributed by atoms with Gasteiger partial charge in [0.25, 0.3) is 0 Å². The molecule has 3 rings (SSSR count). The number of hydrogen-bond acceptors (Lipinski definition) is 2. The molecule has 1 aromatic carbocycles. The maximum Gasteiger partial charge on any atom is 0.238 e. The molecule has 0 spiro atoms. The Labute approximate surface area is 167 Å². The highest BCUT2D eigenvalue weighted by atomic mass is 35.5. The Bertz CT molecular complexity index is 874. The Hall–Kier alpha value is -2.07. The van der Waals surface area contributed by atoms with Crippen LogP contribution in [0.4, 0.5) is 4.39 Å². The third-order valence-electron chi connectivity index (χ3n) is 5.04. The molecule has 2 heterocycles. The molecule has 2 aromatic heterocycles. The monoisotopic (exact) mass is 390 g/mol. The van der Waals surface area contributed by atoms with Gasteiger partial charge in [0.1, 0.15) is 11.3 Å². The second-order valence-electron chi connectivity index (χ2n) is 6.81. The largest absolute Gasteiger partial charge is 0.476 e. The van der Waals surface area contributed by atoms with Gasteiger partial charge in [-0.2, -0.15) is 0 Å². The number of fused-ring (bicyclic) bond motifs is 1. The minimum absolute atomic E-state index is 0. The molecule has 0 radical (unpaired) electrons. The molecule has 0 N–H and O–H groups in total. The Morgan fingerprint density at radius 3 is 2.52 bits per heavy atom. The van der Waals surface area contributed by atoms with Crippen molar-refractivity contribution >= 4 is 23.3 Å². The Balaban J connectivity index is 0.00000261. The lowest BCUT2D eigenvalue weighted by Crippen LogP contribution is -2.06. The molecule has 3 nitrogen and oxygen atoms in total. The number of hydrogen-bond donors (Lipinski definition) is 0. The Kier molecular flexibility index (Phi) is 7.66. The van der Waals surface area contributed by atoms with Crippen molar-refractivity contribution in [3.63, 3.8) is 0 Å². The van der Waals surface area contributed by atoms with Crippen molar-refractivity contribution in [2.45, 2.75) is 53.0 Å². The van der Waals surface area contributed by atoms with Crippen LogP contribution in [0.2, 0.25) is 0 Å². The predicted molar refractivity (Wildman–Crippen MR) is 112 cm³/mol. The molecule has 0 saturated heterocycles. The van der Waals surface area contributed by atoms with Crippen LogP contribution in [0.1, 0.15) is 43.0 Å². The van der Waals surface area contributed by atoms with E-state index in [2.05, 4.69) is 36.4 Å². The first-order valence-electron chi connectivity index (χ1n) is 9.43. The summed E-state index contributed by atoms with van der Waals surface area (Å²) in [6, 6.07) is 8.64. The Morgan fingerprint density at radius 1 is 1.07 bits per heavy atom. The highest BCUT2D eigenvalue weighted by Gasteiger charge is 2.16. The summed E-state index contributed by atoms with van der Waals surface area (Å²) >= 11 is 0. The van der Waals surface area contributed by atoms with Gasteiger partial charge in [0.15, 0.2) is 0 Å². The van der Waals surface area contributed by atoms with E-state index in [4.69, 9.17) is 4.74 Å². The average molecular weight is 391 g/mol. The number of nitrogens with zero attached hydrogens (tertiary/aromatic N) is 2. The van der Waals surface area contributed by atoms with Crippen LogP contribution < -0.4 is 4.74 Å². The van der Waals surface area contributed by atoms with Gasteiger partial charge in [0, 0.05) is 30.2 Å². The molecule has 146 valence electrons. The molecule has 5 heteroatoms. The first-order valence-corrected chi connectivity index (χ1v) is 9.43. The second-order valence-corrected chi connectivity index (χ2v) is 6.81. The van der Waals surface area contributed by atoms with Crippen molar-refractivity contribution in [3.8, 4) is 5.88 Å². The summed E-state index contributed by atoms with van der Waals surface area (Å²) in [5, 5.41) is 1.21. The second kappa shape index (κ2) is 9.75. The summed E-state index contributed by atoms with van der Waals surface area (Å²) in [6.45, 7) is 8.07. The third kappa shape index (κ3) is 4.81. The first kappa shape index (κ1) is 21.2. The van der Waals surface area contributed by atoms with Crippen LogP contribution in [0.15, 0.2) is 36.5 Å². The van der Waals surface area contributed by atoms with Gasteiger partial charge in [-0.25, -0.2) is 9.37 Å². The molecule has 0 unspecified atom stereocenters. The molecule has 0 atom stereocenters. The molecular formula is C22H28ClFN2O. The zero-order chi connectivity index (χ0) is 18.5. The van der Waals surface area contributed by atoms with Gasteiger partial charge in [0.2, 0.25) is 5.88 Å². The van der Waals surface area contributed by atoms with Crippen LogP contribution in [0.3, 0.4) is 0 Å². The minimum atomic E-state index is -0.211. The number of unbranched alkanes of at least 4 members (excludes halogenated alkanes) is 2. The molecule has 0 aliphatic rings. The summed E-state index contributed by atoms with van der Waals surface area (Å²) in [5.74, 6) is 0.481. The van der Waals surface area contributed by atoms with Gasteiger partial charge in [-0.05, 0) is 49.6 Å². The zero-order valence-electron chi connectivity index (χ0n) is 16.3. The van der Waals surface area contributed by atoms with Crippen LogP contribution in [-0.2, 0) is 13.0 Å². The van der Waals surface area contributed by atoms with Crippen LogP contribution in [0, 0.1) is 19.7 Å². The number of benzene rings is 1. The lowest BCUT2D eigenvalue weighted by Gasteiger charge is -2.12. The standard InChI is InChI=1S/C22H27FN2O.ClH/c1-4-5-6-14-25-17(3)16(2)20-11-13-24-22(21(20)25)26-15-12-18-7-9-19(23)10-8-18;/h7-11,13H,4-6,12,14-15H2,1-3H3;1H. The van der Waals surface area contributed by atoms with Crippen molar-refractivity contribution < 1.29 is 9.13 Å². The number of aromatic nitrogens is 2. The maximum absolute atomic E-state index is 13.0. The summed E-state index contributed by atoms with van der Waals surface area (Å²) in [7, 11) is 0. The molecule has 0 amide bonds. The smallest absolute Gasteiger partial charge is 0.238 e. The molecule has 0 aliphatic carbocycles. The van der Waals surface area contributed by atoms with Gasteiger partial charge >= 0.3 is 0 Å². The number of halogens is 2. The molecule has 0 fully saturated rings. The molecule has 0 saturated carbocycles. The van der Waals surface area contributed by atoms with Gasteiger partial charge in [-0.3, -0.25) is 0 Å². The highest BCUT2D eigenvalue weighted by molar-refractivity contribution is 5.88. The fourth-order valence-corrected chi connectivity index (χ4v) is 3.38. The third-order valence-corrected chi connectivity index (χ3v) is 5.04. The molecular weight excluding hydrogens is 363 g/mol. The number of aryl methyl sites for hydroxylation is 2. The van der Waals surface area contributed by atoms with Crippen LogP contribution in [0.25, 0.3) is 10.9 Å². The van der Waals surface area contributed by atoms with E-state index in [1.54, 1.807) is 12.1 Å². The van der Waals surface area contributed by atoms with Crippen LogP contribution >= 0.6 is 12.4 Å². The lowest BCUT2D eigenvalue weighted by atomic mass is 10.1. The highest BCUT2D eigenvalue weighted by Crippen LogP contribution is 2.31. The van der Waals surface area contributed by atoms with Gasteiger partial charge in [0.05, 0.1) is 6.61 Å². The van der Waals surface area contributed by atoms with E-state index in [0.717, 1.165) is 30.5 Å². The number of ether oxygens (including phenoxy) is 1. The summed E-state index contributed by atoms with van der Waals surface area (Å²) in [6.07, 6.45) is 6.13. The zero-order valence-corrected chi connectivity index (χ0v) is 17.1. The fraction of sp³-hybridized carbons (Fsp3) is 0.409. The maximum atomic E-state index is 13.0. The molecule has 3 aromatic rings. The van der Waals surface area contributed by atoms with Crippen molar-refractivity contribution in [2.75, 3.05) is 6.61 Å². The average Bonchev–Trinajstić information content (AvgIpc) is 2.89. The summed E-state index contributed by atoms with van der Waals surface area (Å²) in [5.41, 5.74) is 4.73. The number of rotatable bonds is 8. The van der Waals surface area contributed by atoms with Crippen molar-refractivity contribution in [1.29, 1.82) is 0 Å². The quantitative estimate of drug-likeness (QED) is 0.439. The van der Waals surface area contributed by atoms with Crippen LogP contribution in [-0.4, -0.2) is 16.2 Å². The van der Waals surface area contributed by atoms with E-state index < -0.39 is 0 Å². The van der Waals surface area contributed by atoms with Crippen molar-refractivity contribution in [3.05, 3.63) is 59.2 Å². The van der Waals surface area contributed by atoms with Crippen molar-refractivity contribution in [1.82, 2.24) is 9.55 Å². The lowest BCUT2D eigenvalue weighted by molar-refractivity contribution is 0.312. The van der Waals surface area contributed by atoms with E-state index >= 15 is 0 Å². The van der Waals surface area contributed by atoms with Crippen LogP contribution in [0.5, 0.6) is 5.88 Å². The molecule has 27 heavy (non-hydrogen) atoms. The van der Waals surface area contributed by atoms with E-state index in [-0.39, 0.29) is 18.2 Å². The van der Waals surface area contributed by atoms with E-state index in [9.17, 15) is 4.39 Å². The fourth-order valence-electron chi connectivity index (χ4n) is 3.38. The minimum Gasteiger partial charge on any atom is -0.476 e. The predicted octanol–water partition coefficient (Wildman–Crippen LogP) is 6.03. The molecule has 0 bridgehead atoms. The van der Waals surface area contributed by atoms with E-state index in [1.165, 1.54) is 41.6 Å². The van der Waals surface area contributed by atoms with Crippen molar-refractivity contribution in [2.24, 2.45) is 0 Å². The normalized spacial score (nSPS) is 10.8. The SMILES string of the molecule is CCCCCn1c(C)c(C)c2ccnc(OCCc3ccc(F)cc3)c21.Cl. The molecule has 0 aliphatic heterocycles.